The van der Waals surface area contributed by atoms with Gasteiger partial charge in [-0.1, -0.05) is 81.3 Å². The first-order valence-electron chi connectivity index (χ1n) is 10.1. The fourth-order valence-corrected chi connectivity index (χ4v) is 3.07. The van der Waals surface area contributed by atoms with Crippen LogP contribution in [0, 0.1) is 0 Å². The Kier molecular flexibility index (Phi) is 11.0. The third kappa shape index (κ3) is 8.18. The van der Waals surface area contributed by atoms with Crippen LogP contribution in [-0.2, 0) is 4.79 Å². The molecule has 28 heavy (non-hydrogen) atoms. The zero-order chi connectivity index (χ0) is 20.9. The first kappa shape index (κ1) is 23.8. The van der Waals surface area contributed by atoms with Crippen LogP contribution in [0.2, 0.25) is 5.02 Å². The molecule has 2 atom stereocenters. The van der Waals surface area contributed by atoms with Gasteiger partial charge in [-0.25, -0.2) is 0 Å². The number of rotatable bonds is 4. The average molecular weight is 401 g/mol. The third-order valence-electron chi connectivity index (χ3n) is 4.12. The molecule has 0 radical (unpaired) electrons. The standard InChI is InChI=1S/C12H17NO.C10H10ClN.C2H6/c1-3-7-12(13-10(2)14)11-8-5-4-6-9-11;1-7-2-3-8-6-9(11)4-5-10(8)12-7;1-2/h4-6,8-9,12H,3,7H2,1-2H3,(H,13,14);2-7,12H,1H3;1-2H3. The van der Waals surface area contributed by atoms with Gasteiger partial charge in [0.2, 0.25) is 5.91 Å². The Hall–Kier alpha value is -2.26. The van der Waals surface area contributed by atoms with Gasteiger partial charge < -0.3 is 10.6 Å². The number of hydrogen-bond acceptors (Lipinski definition) is 2. The molecule has 3 rings (SSSR count). The second kappa shape index (κ2) is 13.0. The molecule has 2 aromatic rings. The van der Waals surface area contributed by atoms with Gasteiger partial charge in [-0.05, 0) is 42.7 Å². The maximum atomic E-state index is 11.0. The van der Waals surface area contributed by atoms with E-state index in [1.807, 2.05) is 50.2 Å². The Balaban J connectivity index is 0.000000259. The van der Waals surface area contributed by atoms with E-state index in [-0.39, 0.29) is 11.9 Å². The van der Waals surface area contributed by atoms with Gasteiger partial charge in [0.25, 0.3) is 0 Å². The Morgan fingerprint density at radius 2 is 1.86 bits per heavy atom. The fraction of sp³-hybridized carbons (Fsp3) is 0.375. The first-order valence-corrected chi connectivity index (χ1v) is 10.4. The number of carbonyl (C=O) groups excluding carboxylic acids is 1. The van der Waals surface area contributed by atoms with Crippen molar-refractivity contribution in [2.24, 2.45) is 0 Å². The minimum atomic E-state index is 0.0345. The number of halogens is 1. The van der Waals surface area contributed by atoms with Gasteiger partial charge in [-0.3, -0.25) is 4.79 Å². The van der Waals surface area contributed by atoms with Crippen LogP contribution in [0.1, 0.15) is 64.6 Å². The summed E-state index contributed by atoms with van der Waals surface area (Å²) in [5.74, 6) is 0.0345. The quantitative estimate of drug-likeness (QED) is 0.588. The highest BCUT2D eigenvalue weighted by atomic mass is 35.5. The lowest BCUT2D eigenvalue weighted by molar-refractivity contribution is -0.119. The van der Waals surface area contributed by atoms with Gasteiger partial charge in [0.05, 0.1) is 6.04 Å². The topological polar surface area (TPSA) is 41.1 Å². The molecular formula is C24H33ClN2O. The van der Waals surface area contributed by atoms with E-state index in [1.54, 1.807) is 6.92 Å². The van der Waals surface area contributed by atoms with Crippen LogP contribution in [0.15, 0.2) is 54.6 Å². The summed E-state index contributed by atoms with van der Waals surface area (Å²) < 4.78 is 0. The summed E-state index contributed by atoms with van der Waals surface area (Å²) in [7, 11) is 0. The van der Waals surface area contributed by atoms with E-state index < -0.39 is 0 Å². The fourth-order valence-electron chi connectivity index (χ4n) is 2.89. The Bertz CT molecular complexity index is 744. The smallest absolute Gasteiger partial charge is 0.217 e. The molecule has 2 unspecified atom stereocenters. The van der Waals surface area contributed by atoms with Gasteiger partial charge in [0.15, 0.2) is 0 Å². The van der Waals surface area contributed by atoms with Gasteiger partial charge >= 0.3 is 0 Å². The number of nitrogens with one attached hydrogen (secondary N) is 2. The lowest BCUT2D eigenvalue weighted by Gasteiger charge is -2.18. The lowest BCUT2D eigenvalue weighted by Crippen LogP contribution is -2.25. The molecule has 1 heterocycles. The highest BCUT2D eigenvalue weighted by Crippen LogP contribution is 2.25. The summed E-state index contributed by atoms with van der Waals surface area (Å²) in [5, 5.41) is 7.09. The second-order valence-corrected chi connectivity index (χ2v) is 6.91. The number of benzene rings is 2. The van der Waals surface area contributed by atoms with Crippen molar-refractivity contribution >= 4 is 29.3 Å². The molecular weight excluding hydrogens is 368 g/mol. The molecule has 2 aromatic carbocycles. The normalized spacial score (nSPS) is 14.9. The van der Waals surface area contributed by atoms with E-state index >= 15 is 0 Å². The van der Waals surface area contributed by atoms with Crippen molar-refractivity contribution in [1.82, 2.24) is 5.32 Å². The second-order valence-electron chi connectivity index (χ2n) is 6.48. The summed E-state index contributed by atoms with van der Waals surface area (Å²) in [4.78, 5) is 11.0. The van der Waals surface area contributed by atoms with E-state index in [1.165, 1.54) is 11.1 Å². The summed E-state index contributed by atoms with van der Waals surface area (Å²) in [6.45, 7) is 9.80. The Labute approximate surface area is 175 Å². The van der Waals surface area contributed by atoms with Crippen LogP contribution >= 0.6 is 11.6 Å². The van der Waals surface area contributed by atoms with Crippen molar-refractivity contribution in [3.63, 3.8) is 0 Å². The molecule has 0 bridgehead atoms. The first-order chi connectivity index (χ1) is 13.5. The van der Waals surface area contributed by atoms with Crippen LogP contribution < -0.4 is 10.6 Å². The molecule has 1 aliphatic heterocycles. The van der Waals surface area contributed by atoms with Gasteiger partial charge in [-0.15, -0.1) is 0 Å². The molecule has 152 valence electrons. The molecule has 0 aromatic heterocycles. The predicted molar refractivity (Wildman–Crippen MR) is 123 cm³/mol. The largest absolute Gasteiger partial charge is 0.379 e. The number of fused-ring (bicyclic) bond motifs is 1. The van der Waals surface area contributed by atoms with Crippen molar-refractivity contribution in [1.29, 1.82) is 0 Å². The summed E-state index contributed by atoms with van der Waals surface area (Å²) in [6, 6.07) is 16.5. The molecule has 4 heteroatoms. The predicted octanol–water partition coefficient (Wildman–Crippen LogP) is 6.86. The van der Waals surface area contributed by atoms with Gasteiger partial charge in [0, 0.05) is 23.7 Å². The van der Waals surface area contributed by atoms with E-state index in [4.69, 9.17) is 11.6 Å². The van der Waals surface area contributed by atoms with Crippen LogP contribution in [-0.4, -0.2) is 11.9 Å². The van der Waals surface area contributed by atoms with Crippen LogP contribution in [0.5, 0.6) is 0 Å². The molecule has 0 saturated heterocycles. The van der Waals surface area contributed by atoms with Crippen molar-refractivity contribution in [3.05, 3.63) is 70.8 Å². The minimum absolute atomic E-state index is 0.0345. The SMILES string of the molecule is CC.CC1C=Cc2cc(Cl)ccc2N1.CCCC(NC(C)=O)c1ccccc1. The third-order valence-corrected chi connectivity index (χ3v) is 4.35. The number of carbonyl (C=O) groups is 1. The highest BCUT2D eigenvalue weighted by molar-refractivity contribution is 6.30. The summed E-state index contributed by atoms with van der Waals surface area (Å²) in [5.41, 5.74) is 3.51. The maximum absolute atomic E-state index is 11.0. The van der Waals surface area contributed by atoms with E-state index in [2.05, 4.69) is 48.8 Å². The van der Waals surface area contributed by atoms with E-state index in [0.29, 0.717) is 6.04 Å². The van der Waals surface area contributed by atoms with Crippen molar-refractivity contribution in [2.45, 2.75) is 59.5 Å². The van der Waals surface area contributed by atoms with Gasteiger partial charge in [0.1, 0.15) is 0 Å². The van der Waals surface area contributed by atoms with Crippen molar-refractivity contribution in [2.75, 3.05) is 5.32 Å². The zero-order valence-electron chi connectivity index (χ0n) is 17.6. The van der Waals surface area contributed by atoms with Gasteiger partial charge in [-0.2, -0.15) is 0 Å². The molecule has 2 N–H and O–H groups in total. The molecule has 3 nitrogen and oxygen atoms in total. The molecule has 0 fully saturated rings. The Morgan fingerprint density at radius 3 is 2.46 bits per heavy atom. The van der Waals surface area contributed by atoms with E-state index in [0.717, 1.165) is 23.6 Å². The molecule has 1 amide bonds. The van der Waals surface area contributed by atoms with E-state index in [9.17, 15) is 4.79 Å². The highest BCUT2D eigenvalue weighted by Gasteiger charge is 2.10. The zero-order valence-corrected chi connectivity index (χ0v) is 18.4. The molecule has 0 aliphatic carbocycles. The maximum Gasteiger partial charge on any atom is 0.217 e. The lowest BCUT2D eigenvalue weighted by atomic mass is 10.0. The van der Waals surface area contributed by atoms with Crippen molar-refractivity contribution < 1.29 is 4.79 Å². The Morgan fingerprint density at radius 1 is 1.18 bits per heavy atom. The molecule has 1 aliphatic rings. The van der Waals surface area contributed by atoms with Crippen LogP contribution in [0.4, 0.5) is 5.69 Å². The minimum Gasteiger partial charge on any atom is -0.379 e. The van der Waals surface area contributed by atoms with Crippen molar-refractivity contribution in [3.8, 4) is 0 Å². The molecule has 0 spiro atoms. The summed E-state index contributed by atoms with van der Waals surface area (Å²) >= 11 is 5.85. The average Bonchev–Trinajstić information content (AvgIpc) is 2.70. The number of anilines is 1. The number of hydrogen-bond donors (Lipinski definition) is 2. The molecule has 0 saturated carbocycles. The van der Waals surface area contributed by atoms with Crippen LogP contribution in [0.3, 0.4) is 0 Å². The summed E-state index contributed by atoms with van der Waals surface area (Å²) in [6.07, 6.45) is 6.28. The van der Waals surface area contributed by atoms with Crippen LogP contribution in [0.25, 0.3) is 6.08 Å². The number of amides is 1. The monoisotopic (exact) mass is 400 g/mol.